The van der Waals surface area contributed by atoms with Crippen molar-refractivity contribution in [2.75, 3.05) is 19.6 Å². The molecule has 4 rings (SSSR count). The van der Waals surface area contributed by atoms with E-state index in [-0.39, 0.29) is 37.2 Å². The highest BCUT2D eigenvalue weighted by atomic mass is 16.4. The summed E-state index contributed by atoms with van der Waals surface area (Å²) in [6.07, 6.45) is 2.74. The second kappa shape index (κ2) is 8.56. The van der Waals surface area contributed by atoms with E-state index in [4.69, 9.17) is 5.11 Å². The fourth-order valence-corrected chi connectivity index (χ4v) is 4.80. The van der Waals surface area contributed by atoms with Gasteiger partial charge in [-0.2, -0.15) is 0 Å². The second-order valence-electron chi connectivity index (χ2n) is 8.47. The molecule has 0 aromatic heterocycles. The lowest BCUT2D eigenvalue weighted by Crippen LogP contribution is -2.48. The number of hydrogen-bond acceptors (Lipinski definition) is 5. The maximum Gasteiger partial charge on any atom is 0.455 e. The number of nitrogens with zero attached hydrogens (tertiary/aromatic N) is 3. The third-order valence-electron chi connectivity index (χ3n) is 6.64. The van der Waals surface area contributed by atoms with Crippen LogP contribution in [0.2, 0.25) is 0 Å². The van der Waals surface area contributed by atoms with Gasteiger partial charge in [0.05, 0.1) is 10.7 Å². The second-order valence-corrected chi connectivity index (χ2v) is 8.47. The first-order valence-electron chi connectivity index (χ1n) is 10.8. The lowest BCUT2D eigenvalue weighted by atomic mass is 9.96. The first-order chi connectivity index (χ1) is 14.9. The topological polar surface area (TPSA) is 115 Å². The third kappa shape index (κ3) is 4.08. The molecule has 1 unspecified atom stereocenters. The number of hydrogen-bond donors (Lipinski definition) is 1. The van der Waals surface area contributed by atoms with E-state index < -0.39 is 17.9 Å². The third-order valence-corrected chi connectivity index (χ3v) is 6.64. The van der Waals surface area contributed by atoms with E-state index in [1.165, 1.54) is 4.90 Å². The smallest absolute Gasteiger partial charge is 0.455 e. The van der Waals surface area contributed by atoms with Crippen LogP contribution in [0, 0.1) is 10.8 Å². The molecule has 1 N–H and O–H groups in total. The van der Waals surface area contributed by atoms with Gasteiger partial charge in [0.1, 0.15) is 0 Å². The van der Waals surface area contributed by atoms with Crippen molar-refractivity contribution in [3.05, 3.63) is 39.8 Å². The quantitative estimate of drug-likeness (QED) is 0.709. The molecule has 3 aliphatic rings. The predicted octanol–water partition coefficient (Wildman–Crippen LogP) is 1.37. The summed E-state index contributed by atoms with van der Waals surface area (Å²) in [7, 11) is 0. The van der Waals surface area contributed by atoms with Gasteiger partial charge in [0, 0.05) is 42.9 Å². The van der Waals surface area contributed by atoms with Crippen LogP contribution in [-0.4, -0.2) is 69.0 Å². The first kappa shape index (κ1) is 21.1. The van der Waals surface area contributed by atoms with E-state index in [1.807, 2.05) is 6.07 Å². The summed E-state index contributed by atoms with van der Waals surface area (Å²) in [6.45, 7) is 1.34. The van der Waals surface area contributed by atoms with E-state index in [1.54, 1.807) is 17.0 Å². The van der Waals surface area contributed by atoms with Crippen LogP contribution in [0.1, 0.15) is 53.6 Å². The number of piperidine rings is 2. The summed E-state index contributed by atoms with van der Waals surface area (Å²) in [5.41, 5.74) is 2.24. The number of carboxylic acid groups (broad SMARTS) is 1. The number of benzene rings is 1. The van der Waals surface area contributed by atoms with Gasteiger partial charge in [-0.05, 0) is 42.9 Å². The van der Waals surface area contributed by atoms with Gasteiger partial charge in [-0.1, -0.05) is 12.1 Å². The highest BCUT2D eigenvalue weighted by Gasteiger charge is 2.45. The Bertz CT molecular complexity index is 951. The summed E-state index contributed by atoms with van der Waals surface area (Å²) in [5.74, 6) is -2.02. The van der Waals surface area contributed by atoms with Crippen LogP contribution < -0.4 is 0 Å². The van der Waals surface area contributed by atoms with E-state index in [0.29, 0.717) is 55.5 Å². The van der Waals surface area contributed by atoms with Gasteiger partial charge in [-0.3, -0.25) is 14.4 Å². The molecule has 9 heteroatoms. The van der Waals surface area contributed by atoms with Crippen LogP contribution >= 0.6 is 0 Å². The molecule has 1 aromatic carbocycles. The molecule has 2 saturated heterocycles. The average Bonchev–Trinajstić information content (AvgIpc) is 3.11. The summed E-state index contributed by atoms with van der Waals surface area (Å²) in [5, 5.41) is 9.10. The molecular formula is C22H26N3O6+. The minimum Gasteiger partial charge on any atom is -0.481 e. The van der Waals surface area contributed by atoms with Gasteiger partial charge in [-0.25, -0.2) is 4.79 Å². The largest absolute Gasteiger partial charge is 0.481 e. The predicted molar refractivity (Wildman–Crippen MR) is 108 cm³/mol. The van der Waals surface area contributed by atoms with Crippen LogP contribution in [0.4, 0.5) is 0 Å². The Labute approximate surface area is 179 Å². The standard InChI is InChI=1S/C22H25N3O6/c26-19(23-11-8-15(9-12-23)22(29)30)7-6-14-3-1-4-16-17(14)13-24(20(16)27)18-5-2-10-25(31)21(18)28/h1,3-4,15,18H,2,5-13H2/p+1. The Morgan fingerprint density at radius 2 is 1.87 bits per heavy atom. The number of carbonyl (C=O) groups is 4. The minimum absolute atomic E-state index is 0.0212. The molecule has 3 amide bonds. The molecule has 0 aliphatic carbocycles. The molecule has 0 radical (unpaired) electrons. The van der Waals surface area contributed by atoms with Crippen molar-refractivity contribution in [1.29, 1.82) is 0 Å². The van der Waals surface area contributed by atoms with Crippen molar-refractivity contribution in [2.45, 2.75) is 51.1 Å². The number of nitroso groups, excluding NO2 is 1. The van der Waals surface area contributed by atoms with Crippen LogP contribution in [0.5, 0.6) is 0 Å². The Balaban J connectivity index is 1.41. The van der Waals surface area contributed by atoms with Crippen LogP contribution in [-0.2, 0) is 27.3 Å². The van der Waals surface area contributed by atoms with Crippen molar-refractivity contribution < 1.29 is 29.0 Å². The van der Waals surface area contributed by atoms with E-state index in [9.17, 15) is 24.1 Å². The monoisotopic (exact) mass is 428 g/mol. The number of carbonyl (C=O) groups excluding carboxylic acids is 3. The number of aryl methyl sites for hydroxylation is 1. The molecule has 1 atom stereocenters. The lowest BCUT2D eigenvalue weighted by Gasteiger charge is -2.30. The summed E-state index contributed by atoms with van der Waals surface area (Å²) in [6, 6.07) is 4.67. The minimum atomic E-state index is -0.808. The zero-order valence-electron chi connectivity index (χ0n) is 17.3. The summed E-state index contributed by atoms with van der Waals surface area (Å²) in [4.78, 5) is 63.8. The normalized spacial score (nSPS) is 22.1. The fraction of sp³-hybridized carbons (Fsp3) is 0.545. The van der Waals surface area contributed by atoms with Gasteiger partial charge in [0.2, 0.25) is 12.5 Å². The molecular weight excluding hydrogens is 402 g/mol. The van der Waals surface area contributed by atoms with E-state index in [2.05, 4.69) is 0 Å². The molecule has 3 aliphatic heterocycles. The molecule has 0 spiro atoms. The SMILES string of the molecule is O=C(O)C1CCN(C(=O)CCc2cccc3c2CN(C2CCC[N+](=O)C2=O)C3=O)CC1. The van der Waals surface area contributed by atoms with E-state index in [0.717, 1.165) is 11.1 Å². The Morgan fingerprint density at radius 1 is 1.13 bits per heavy atom. The maximum absolute atomic E-state index is 12.9. The highest BCUT2D eigenvalue weighted by molar-refractivity contribution is 6.00. The molecule has 3 heterocycles. The first-order valence-corrected chi connectivity index (χ1v) is 10.8. The zero-order valence-corrected chi connectivity index (χ0v) is 17.3. The van der Waals surface area contributed by atoms with Gasteiger partial charge in [-0.15, -0.1) is 0 Å². The number of rotatable bonds is 5. The van der Waals surface area contributed by atoms with Gasteiger partial charge in [0.15, 0.2) is 6.04 Å². The number of aliphatic carboxylic acids is 1. The Hall–Kier alpha value is -3.10. The molecule has 1 aromatic rings. The maximum atomic E-state index is 12.9. The lowest BCUT2D eigenvalue weighted by molar-refractivity contribution is -0.480. The number of amides is 3. The zero-order chi connectivity index (χ0) is 22.1. The van der Waals surface area contributed by atoms with Crippen molar-refractivity contribution >= 4 is 23.7 Å². The number of carboxylic acids is 1. The van der Waals surface area contributed by atoms with Gasteiger partial charge < -0.3 is 14.9 Å². The van der Waals surface area contributed by atoms with Crippen LogP contribution in [0.15, 0.2) is 18.2 Å². The molecule has 0 saturated carbocycles. The molecule has 0 bridgehead atoms. The Kier molecular flexibility index (Phi) is 5.84. The van der Waals surface area contributed by atoms with Crippen molar-refractivity contribution in [2.24, 2.45) is 5.92 Å². The number of fused-ring (bicyclic) bond motifs is 1. The van der Waals surface area contributed by atoms with Crippen molar-refractivity contribution in [3.63, 3.8) is 0 Å². The van der Waals surface area contributed by atoms with Gasteiger partial charge >= 0.3 is 11.9 Å². The summed E-state index contributed by atoms with van der Waals surface area (Å²) < 4.78 is 0.442. The molecule has 31 heavy (non-hydrogen) atoms. The van der Waals surface area contributed by atoms with E-state index >= 15 is 0 Å². The van der Waals surface area contributed by atoms with Gasteiger partial charge in [0.25, 0.3) is 5.91 Å². The van der Waals surface area contributed by atoms with Crippen LogP contribution in [0.25, 0.3) is 0 Å². The van der Waals surface area contributed by atoms with Crippen LogP contribution in [0.3, 0.4) is 0 Å². The van der Waals surface area contributed by atoms with Crippen molar-refractivity contribution in [1.82, 2.24) is 9.80 Å². The molecule has 164 valence electrons. The number of likely N-dealkylation sites (tertiary alicyclic amines) is 1. The fourth-order valence-electron chi connectivity index (χ4n) is 4.80. The average molecular weight is 428 g/mol. The Morgan fingerprint density at radius 3 is 2.58 bits per heavy atom. The molecule has 9 nitrogen and oxygen atoms in total. The summed E-state index contributed by atoms with van der Waals surface area (Å²) >= 11 is 0. The van der Waals surface area contributed by atoms with Crippen molar-refractivity contribution in [3.8, 4) is 0 Å². The molecule has 2 fully saturated rings. The highest BCUT2D eigenvalue weighted by Crippen LogP contribution is 2.31.